The van der Waals surface area contributed by atoms with Gasteiger partial charge in [0.05, 0.1) is 12.7 Å². The Morgan fingerprint density at radius 2 is 1.75 bits per heavy atom. The van der Waals surface area contributed by atoms with Crippen LogP contribution in [0.3, 0.4) is 0 Å². The molecule has 0 aromatic carbocycles. The number of aliphatic hydroxyl groups excluding tert-OH is 1. The summed E-state index contributed by atoms with van der Waals surface area (Å²) in [5.41, 5.74) is 0. The molecule has 0 saturated heterocycles. The fraction of sp³-hybridized carbons (Fsp3) is 1.00. The van der Waals surface area contributed by atoms with Gasteiger partial charge in [-0.1, -0.05) is 0 Å². The van der Waals surface area contributed by atoms with Gasteiger partial charge >= 0.3 is 0 Å². The highest BCUT2D eigenvalue weighted by atomic mass is 16.7. The second kappa shape index (κ2) is 6.37. The molecule has 3 atom stereocenters. The van der Waals surface area contributed by atoms with Gasteiger partial charge in [-0.25, -0.2) is 0 Å². The first-order valence-corrected chi connectivity index (χ1v) is 3.97. The van der Waals surface area contributed by atoms with Crippen molar-refractivity contribution in [3.63, 3.8) is 0 Å². The van der Waals surface area contributed by atoms with E-state index in [1.807, 2.05) is 6.92 Å². The summed E-state index contributed by atoms with van der Waals surface area (Å²) in [6.07, 6.45) is -0.780. The van der Waals surface area contributed by atoms with Crippen molar-refractivity contribution in [1.29, 1.82) is 0 Å². The molecule has 0 aliphatic rings. The van der Waals surface area contributed by atoms with Crippen LogP contribution in [0.2, 0.25) is 0 Å². The van der Waals surface area contributed by atoms with Crippen molar-refractivity contribution in [1.82, 2.24) is 0 Å². The first kappa shape index (κ1) is 11.8. The highest BCUT2D eigenvalue weighted by molar-refractivity contribution is 4.64. The minimum Gasteiger partial charge on any atom is -0.394 e. The molecule has 0 heterocycles. The van der Waals surface area contributed by atoms with E-state index in [4.69, 9.17) is 19.3 Å². The molecule has 4 nitrogen and oxygen atoms in total. The number of methoxy groups -OCH3 is 2. The highest BCUT2D eigenvalue weighted by Crippen LogP contribution is 2.05. The Labute approximate surface area is 73.4 Å². The molecule has 0 saturated carbocycles. The largest absolute Gasteiger partial charge is 0.394 e. The van der Waals surface area contributed by atoms with Crippen LogP contribution in [0, 0.1) is 0 Å². The van der Waals surface area contributed by atoms with Crippen LogP contribution in [0.5, 0.6) is 0 Å². The summed E-state index contributed by atoms with van der Waals surface area (Å²) in [5, 5.41) is 8.91. The molecule has 0 aromatic heterocycles. The van der Waals surface area contributed by atoms with E-state index in [0.29, 0.717) is 0 Å². The van der Waals surface area contributed by atoms with Gasteiger partial charge in [-0.2, -0.15) is 0 Å². The summed E-state index contributed by atoms with van der Waals surface area (Å²) in [4.78, 5) is 0. The van der Waals surface area contributed by atoms with Gasteiger partial charge in [0, 0.05) is 14.2 Å². The maximum absolute atomic E-state index is 8.91. The lowest BCUT2D eigenvalue weighted by atomic mass is 10.2. The molecule has 1 N–H and O–H groups in total. The molecule has 4 heteroatoms. The Kier molecular flexibility index (Phi) is 6.28. The van der Waals surface area contributed by atoms with Crippen LogP contribution in [0.1, 0.15) is 13.8 Å². The third-order valence-corrected chi connectivity index (χ3v) is 1.77. The first-order chi connectivity index (χ1) is 5.65. The van der Waals surface area contributed by atoms with Gasteiger partial charge < -0.3 is 19.3 Å². The molecular formula is C8H18O4. The molecule has 0 amide bonds. The lowest BCUT2D eigenvalue weighted by Crippen LogP contribution is -2.35. The summed E-state index contributed by atoms with van der Waals surface area (Å²) >= 11 is 0. The number of rotatable bonds is 6. The van der Waals surface area contributed by atoms with Gasteiger partial charge in [0.1, 0.15) is 6.10 Å². The van der Waals surface area contributed by atoms with Gasteiger partial charge in [-0.05, 0) is 13.8 Å². The minimum atomic E-state index is -0.329. The molecule has 0 rings (SSSR count). The van der Waals surface area contributed by atoms with E-state index in [0.717, 1.165) is 0 Å². The maximum Gasteiger partial charge on any atom is 0.155 e. The van der Waals surface area contributed by atoms with Gasteiger partial charge in [-0.3, -0.25) is 0 Å². The normalized spacial score (nSPS) is 18.8. The van der Waals surface area contributed by atoms with Crippen LogP contribution >= 0.6 is 0 Å². The first-order valence-electron chi connectivity index (χ1n) is 3.97. The molecule has 0 radical (unpaired) electrons. The Morgan fingerprint density at radius 1 is 1.17 bits per heavy atom. The molecule has 0 fully saturated rings. The smallest absolute Gasteiger partial charge is 0.155 e. The average molecular weight is 178 g/mol. The van der Waals surface area contributed by atoms with E-state index in [1.54, 1.807) is 21.1 Å². The molecule has 74 valence electrons. The van der Waals surface area contributed by atoms with Crippen molar-refractivity contribution in [2.75, 3.05) is 20.8 Å². The molecule has 0 bridgehead atoms. The minimum absolute atomic E-state index is 0.0668. The lowest BCUT2D eigenvalue weighted by Gasteiger charge is -2.24. The summed E-state index contributed by atoms with van der Waals surface area (Å²) in [5.74, 6) is 0. The molecular weight excluding hydrogens is 160 g/mol. The van der Waals surface area contributed by atoms with Crippen LogP contribution in [0.25, 0.3) is 0 Å². The van der Waals surface area contributed by atoms with Crippen LogP contribution < -0.4 is 0 Å². The van der Waals surface area contributed by atoms with E-state index in [2.05, 4.69) is 0 Å². The number of hydrogen-bond acceptors (Lipinski definition) is 4. The van der Waals surface area contributed by atoms with E-state index in [9.17, 15) is 0 Å². The van der Waals surface area contributed by atoms with Gasteiger partial charge in [0.25, 0.3) is 0 Å². The van der Waals surface area contributed by atoms with Gasteiger partial charge in [0.15, 0.2) is 6.29 Å². The zero-order valence-corrected chi connectivity index (χ0v) is 8.11. The summed E-state index contributed by atoms with van der Waals surface area (Å²) in [7, 11) is 3.13. The van der Waals surface area contributed by atoms with Crippen molar-refractivity contribution in [3.05, 3.63) is 0 Å². The van der Waals surface area contributed by atoms with Crippen molar-refractivity contribution in [2.45, 2.75) is 32.3 Å². The van der Waals surface area contributed by atoms with Gasteiger partial charge in [-0.15, -0.1) is 0 Å². The van der Waals surface area contributed by atoms with Crippen molar-refractivity contribution in [3.8, 4) is 0 Å². The second-order valence-corrected chi connectivity index (χ2v) is 2.60. The predicted octanol–water partition coefficient (Wildman–Crippen LogP) is 0.391. The fourth-order valence-corrected chi connectivity index (χ4v) is 0.756. The third kappa shape index (κ3) is 4.01. The monoisotopic (exact) mass is 178 g/mol. The van der Waals surface area contributed by atoms with Crippen LogP contribution in [0.15, 0.2) is 0 Å². The van der Waals surface area contributed by atoms with Crippen molar-refractivity contribution >= 4 is 0 Å². The number of hydrogen-bond donors (Lipinski definition) is 1. The van der Waals surface area contributed by atoms with E-state index in [-0.39, 0.29) is 25.1 Å². The summed E-state index contributed by atoms with van der Waals surface area (Å²) in [6.45, 7) is 3.54. The molecule has 0 aliphatic carbocycles. The predicted molar refractivity (Wildman–Crippen MR) is 44.9 cm³/mol. The van der Waals surface area contributed by atoms with Crippen molar-refractivity contribution < 1.29 is 19.3 Å². The van der Waals surface area contributed by atoms with E-state index >= 15 is 0 Å². The number of ether oxygens (including phenoxy) is 3. The Balaban J connectivity index is 3.81. The molecule has 0 spiro atoms. The molecule has 0 aliphatic heterocycles. The third-order valence-electron chi connectivity index (χ3n) is 1.77. The lowest BCUT2D eigenvalue weighted by molar-refractivity contribution is -0.181. The molecule has 3 unspecified atom stereocenters. The topological polar surface area (TPSA) is 47.9 Å². The summed E-state index contributed by atoms with van der Waals surface area (Å²) in [6, 6.07) is 0. The zero-order chi connectivity index (χ0) is 9.56. The quantitative estimate of drug-likeness (QED) is 0.598. The second-order valence-electron chi connectivity index (χ2n) is 2.60. The fourth-order valence-electron chi connectivity index (χ4n) is 0.756. The van der Waals surface area contributed by atoms with E-state index < -0.39 is 0 Å². The number of aliphatic hydroxyl groups is 1. The van der Waals surface area contributed by atoms with Crippen LogP contribution in [-0.4, -0.2) is 44.4 Å². The average Bonchev–Trinajstić information content (AvgIpc) is 2.12. The SMILES string of the molecule is COC(C)OC(CO)C(C)OC. The molecule has 12 heavy (non-hydrogen) atoms. The summed E-state index contributed by atoms with van der Waals surface area (Å²) < 4.78 is 15.2. The van der Waals surface area contributed by atoms with Crippen LogP contribution in [0.4, 0.5) is 0 Å². The van der Waals surface area contributed by atoms with Crippen molar-refractivity contribution in [2.24, 2.45) is 0 Å². The Hall–Kier alpha value is -0.160. The van der Waals surface area contributed by atoms with Gasteiger partial charge in [0.2, 0.25) is 0 Å². The zero-order valence-electron chi connectivity index (χ0n) is 8.11. The highest BCUT2D eigenvalue weighted by Gasteiger charge is 2.18. The maximum atomic E-state index is 8.91. The van der Waals surface area contributed by atoms with E-state index in [1.165, 1.54) is 0 Å². The van der Waals surface area contributed by atoms with Crippen LogP contribution in [-0.2, 0) is 14.2 Å². The Morgan fingerprint density at radius 3 is 2.08 bits per heavy atom. The Bertz CT molecular complexity index is 107. The molecule has 0 aromatic rings. The standard InChI is InChI=1S/C8H18O4/c1-6(10-3)8(5-9)12-7(2)11-4/h6-9H,5H2,1-4H3.